The molecule has 0 unspecified atom stereocenters. The topological polar surface area (TPSA) is 45.2 Å². The van der Waals surface area contributed by atoms with Gasteiger partial charge in [0.1, 0.15) is 12.4 Å². The number of rotatable bonds is 6. The molecule has 0 aliphatic carbocycles. The lowest BCUT2D eigenvalue weighted by atomic mass is 9.98. The van der Waals surface area contributed by atoms with Crippen molar-refractivity contribution < 1.29 is 14.3 Å². The van der Waals surface area contributed by atoms with Crippen molar-refractivity contribution in [2.45, 2.75) is 45.2 Å². The molecule has 1 atom stereocenters. The Morgan fingerprint density at radius 2 is 1.93 bits per heavy atom. The van der Waals surface area contributed by atoms with Crippen molar-refractivity contribution in [3.8, 4) is 5.75 Å². The van der Waals surface area contributed by atoms with Crippen LogP contribution in [-0.2, 0) is 22.6 Å². The zero-order chi connectivity index (χ0) is 20.8. The van der Waals surface area contributed by atoms with Gasteiger partial charge in [0.05, 0.1) is 19.7 Å². The van der Waals surface area contributed by atoms with Gasteiger partial charge < -0.3 is 14.4 Å². The standard InChI is InChI=1S/C24H37N3O3/c1-29-19-21-6-5-11-26(16-21)15-20-7-8-23-22(14-20)17-27(12-13-30-23)24(28)18-25-9-3-2-4-10-25/h7-8,14,21H,2-6,9-13,15-19H2,1H3/t21-/m1/s1. The van der Waals surface area contributed by atoms with Crippen LogP contribution in [0.1, 0.15) is 43.2 Å². The number of benzene rings is 1. The van der Waals surface area contributed by atoms with E-state index in [9.17, 15) is 4.79 Å². The summed E-state index contributed by atoms with van der Waals surface area (Å²) in [6.45, 7) is 8.59. The number of ether oxygens (including phenoxy) is 2. The Morgan fingerprint density at radius 3 is 2.77 bits per heavy atom. The summed E-state index contributed by atoms with van der Waals surface area (Å²) >= 11 is 0. The van der Waals surface area contributed by atoms with Gasteiger partial charge in [-0.25, -0.2) is 0 Å². The van der Waals surface area contributed by atoms with Crippen molar-refractivity contribution in [3.05, 3.63) is 29.3 Å². The van der Waals surface area contributed by atoms with Crippen molar-refractivity contribution in [2.24, 2.45) is 5.92 Å². The maximum Gasteiger partial charge on any atom is 0.237 e. The van der Waals surface area contributed by atoms with Crippen molar-refractivity contribution in [1.29, 1.82) is 0 Å². The maximum atomic E-state index is 12.9. The van der Waals surface area contributed by atoms with E-state index in [-0.39, 0.29) is 5.91 Å². The molecule has 0 saturated carbocycles. The Balaban J connectivity index is 1.38. The fourth-order valence-electron chi connectivity index (χ4n) is 5.09. The smallest absolute Gasteiger partial charge is 0.237 e. The van der Waals surface area contributed by atoms with E-state index in [0.29, 0.717) is 32.2 Å². The number of piperidine rings is 2. The molecule has 0 spiro atoms. The zero-order valence-corrected chi connectivity index (χ0v) is 18.5. The molecule has 3 aliphatic rings. The van der Waals surface area contributed by atoms with Crippen LogP contribution < -0.4 is 4.74 Å². The molecule has 3 aliphatic heterocycles. The highest BCUT2D eigenvalue weighted by Crippen LogP contribution is 2.26. The molecular formula is C24H37N3O3. The highest BCUT2D eigenvalue weighted by atomic mass is 16.5. The number of carbonyl (C=O) groups is 1. The summed E-state index contributed by atoms with van der Waals surface area (Å²) in [6, 6.07) is 6.53. The van der Waals surface area contributed by atoms with Crippen LogP contribution in [0.3, 0.4) is 0 Å². The van der Waals surface area contributed by atoms with Gasteiger partial charge in [-0.2, -0.15) is 0 Å². The van der Waals surface area contributed by atoms with Gasteiger partial charge in [-0.05, 0) is 68.9 Å². The number of nitrogens with zero attached hydrogens (tertiary/aromatic N) is 3. The van der Waals surface area contributed by atoms with E-state index < -0.39 is 0 Å². The van der Waals surface area contributed by atoms with Crippen molar-refractivity contribution in [3.63, 3.8) is 0 Å². The van der Waals surface area contributed by atoms with Crippen LogP contribution in [0.2, 0.25) is 0 Å². The quantitative estimate of drug-likeness (QED) is 0.715. The van der Waals surface area contributed by atoms with Crippen LogP contribution >= 0.6 is 0 Å². The Kier molecular flexibility index (Phi) is 7.63. The molecule has 4 rings (SSSR count). The number of hydrogen-bond donors (Lipinski definition) is 0. The minimum Gasteiger partial charge on any atom is -0.491 e. The largest absolute Gasteiger partial charge is 0.491 e. The van der Waals surface area contributed by atoms with E-state index in [1.54, 1.807) is 7.11 Å². The summed E-state index contributed by atoms with van der Waals surface area (Å²) in [4.78, 5) is 19.8. The maximum absolute atomic E-state index is 12.9. The SMILES string of the molecule is COC[C@@H]1CCCN(Cc2ccc3c(c2)CN(C(=O)CN2CCCCC2)CCO3)C1. The fraction of sp³-hybridized carbons (Fsp3) is 0.708. The predicted octanol–water partition coefficient (Wildman–Crippen LogP) is 2.75. The van der Waals surface area contributed by atoms with Crippen LogP contribution in [0.25, 0.3) is 0 Å². The summed E-state index contributed by atoms with van der Waals surface area (Å²) < 4.78 is 11.3. The third kappa shape index (κ3) is 5.74. The molecule has 0 aromatic heterocycles. The van der Waals surface area contributed by atoms with Crippen LogP contribution in [0.4, 0.5) is 0 Å². The lowest BCUT2D eigenvalue weighted by molar-refractivity contribution is -0.133. The molecule has 3 heterocycles. The Morgan fingerprint density at radius 1 is 1.10 bits per heavy atom. The highest BCUT2D eigenvalue weighted by Gasteiger charge is 2.24. The molecule has 0 bridgehead atoms. The first-order valence-corrected chi connectivity index (χ1v) is 11.7. The van der Waals surface area contributed by atoms with Crippen LogP contribution in [0, 0.1) is 5.92 Å². The zero-order valence-electron chi connectivity index (χ0n) is 18.5. The van der Waals surface area contributed by atoms with E-state index >= 15 is 0 Å². The van der Waals surface area contributed by atoms with Crippen LogP contribution in [0.5, 0.6) is 5.75 Å². The van der Waals surface area contributed by atoms with Gasteiger partial charge in [-0.3, -0.25) is 14.6 Å². The van der Waals surface area contributed by atoms with E-state index in [0.717, 1.165) is 50.6 Å². The molecule has 2 saturated heterocycles. The average Bonchev–Trinajstić information content (AvgIpc) is 2.97. The Hall–Kier alpha value is -1.63. The second-order valence-corrected chi connectivity index (χ2v) is 9.14. The van der Waals surface area contributed by atoms with Gasteiger partial charge in [0.25, 0.3) is 0 Å². The second-order valence-electron chi connectivity index (χ2n) is 9.14. The molecule has 166 valence electrons. The molecule has 0 N–H and O–H groups in total. The van der Waals surface area contributed by atoms with Crippen LogP contribution in [-0.4, -0.2) is 80.2 Å². The van der Waals surface area contributed by atoms with E-state index in [4.69, 9.17) is 9.47 Å². The molecule has 2 fully saturated rings. The first kappa shape index (κ1) is 21.6. The van der Waals surface area contributed by atoms with Gasteiger partial charge >= 0.3 is 0 Å². The molecule has 0 radical (unpaired) electrons. The summed E-state index contributed by atoms with van der Waals surface area (Å²) in [7, 11) is 1.80. The summed E-state index contributed by atoms with van der Waals surface area (Å²) in [5.74, 6) is 1.80. The minimum absolute atomic E-state index is 0.234. The first-order chi connectivity index (χ1) is 14.7. The number of fused-ring (bicyclic) bond motifs is 1. The van der Waals surface area contributed by atoms with E-state index in [1.165, 1.54) is 37.7 Å². The monoisotopic (exact) mass is 415 g/mol. The summed E-state index contributed by atoms with van der Waals surface area (Å²) in [5.41, 5.74) is 2.45. The van der Waals surface area contributed by atoms with Crippen LogP contribution in [0.15, 0.2) is 18.2 Å². The summed E-state index contributed by atoms with van der Waals surface area (Å²) in [6.07, 6.45) is 6.22. The minimum atomic E-state index is 0.234. The Labute approximate surface area is 181 Å². The lowest BCUT2D eigenvalue weighted by Crippen LogP contribution is -2.42. The number of carbonyl (C=O) groups excluding carboxylic acids is 1. The Bertz CT molecular complexity index is 703. The van der Waals surface area contributed by atoms with Gasteiger partial charge in [0, 0.05) is 32.3 Å². The third-order valence-corrected chi connectivity index (χ3v) is 6.68. The molecular weight excluding hydrogens is 378 g/mol. The molecule has 1 amide bonds. The number of methoxy groups -OCH3 is 1. The van der Waals surface area contributed by atoms with Gasteiger partial charge in [0.15, 0.2) is 0 Å². The third-order valence-electron chi connectivity index (χ3n) is 6.68. The van der Waals surface area contributed by atoms with Gasteiger partial charge in [-0.1, -0.05) is 12.5 Å². The summed E-state index contributed by atoms with van der Waals surface area (Å²) in [5, 5.41) is 0. The second kappa shape index (κ2) is 10.6. The lowest BCUT2D eigenvalue weighted by Gasteiger charge is -2.32. The molecule has 1 aromatic rings. The van der Waals surface area contributed by atoms with Crippen molar-refractivity contribution in [2.75, 3.05) is 59.6 Å². The first-order valence-electron chi connectivity index (χ1n) is 11.7. The fourth-order valence-corrected chi connectivity index (χ4v) is 5.09. The normalized spacial score (nSPS) is 23.5. The number of hydrogen-bond acceptors (Lipinski definition) is 5. The predicted molar refractivity (Wildman–Crippen MR) is 118 cm³/mol. The van der Waals surface area contributed by atoms with E-state index in [2.05, 4.69) is 28.0 Å². The van der Waals surface area contributed by atoms with Crippen molar-refractivity contribution >= 4 is 5.91 Å². The number of likely N-dealkylation sites (tertiary alicyclic amines) is 2. The van der Waals surface area contributed by atoms with Gasteiger partial charge in [-0.15, -0.1) is 0 Å². The molecule has 6 heteroatoms. The average molecular weight is 416 g/mol. The molecule has 1 aromatic carbocycles. The number of amides is 1. The molecule has 6 nitrogen and oxygen atoms in total. The van der Waals surface area contributed by atoms with Crippen molar-refractivity contribution in [1.82, 2.24) is 14.7 Å². The molecule has 30 heavy (non-hydrogen) atoms. The highest BCUT2D eigenvalue weighted by molar-refractivity contribution is 5.78. The van der Waals surface area contributed by atoms with Gasteiger partial charge in [0.2, 0.25) is 5.91 Å². The van der Waals surface area contributed by atoms with E-state index in [1.807, 2.05) is 4.90 Å².